The number of aromatic nitrogens is 2. The van der Waals surface area contributed by atoms with E-state index in [2.05, 4.69) is 9.97 Å². The number of nitrogen functional groups attached to an aromatic ring is 1. The molecule has 1 aliphatic rings. The van der Waals surface area contributed by atoms with Crippen LogP contribution in [0.4, 0.5) is 16.2 Å². The summed E-state index contributed by atoms with van der Waals surface area (Å²) < 4.78 is 13.6. The summed E-state index contributed by atoms with van der Waals surface area (Å²) in [6.07, 6.45) is 3.06. The molecule has 0 spiro atoms. The lowest BCUT2D eigenvalue weighted by molar-refractivity contribution is -0.119. The fourth-order valence-corrected chi connectivity index (χ4v) is 2.23. The first-order valence-corrected chi connectivity index (χ1v) is 5.87. The van der Waals surface area contributed by atoms with Crippen LogP contribution in [-0.4, -0.2) is 29.0 Å². The zero-order valence-corrected chi connectivity index (χ0v) is 9.97. The largest absolute Gasteiger partial charge is 0.370 e. The second-order valence-corrected chi connectivity index (χ2v) is 4.50. The molecule has 1 aliphatic heterocycles. The number of rotatable bonds is 3. The van der Waals surface area contributed by atoms with Crippen molar-refractivity contribution in [3.8, 4) is 0 Å². The summed E-state index contributed by atoms with van der Waals surface area (Å²) in [5, 5.41) is 0. The van der Waals surface area contributed by atoms with Crippen LogP contribution in [0.1, 0.15) is 19.3 Å². The van der Waals surface area contributed by atoms with E-state index in [0.717, 1.165) is 19.0 Å². The van der Waals surface area contributed by atoms with Gasteiger partial charge in [-0.1, -0.05) is 0 Å². The van der Waals surface area contributed by atoms with Gasteiger partial charge in [0, 0.05) is 19.5 Å². The van der Waals surface area contributed by atoms with Crippen molar-refractivity contribution in [3.63, 3.8) is 0 Å². The Bertz CT molecular complexity index is 445. The molecular weight excluding hydrogens is 237 g/mol. The highest BCUT2D eigenvalue weighted by atomic mass is 19.1. The molecule has 6 nitrogen and oxygen atoms in total. The smallest absolute Gasteiger partial charge is 0.222 e. The Balaban J connectivity index is 2.01. The zero-order chi connectivity index (χ0) is 13.1. The van der Waals surface area contributed by atoms with Crippen LogP contribution in [0.3, 0.4) is 0 Å². The monoisotopic (exact) mass is 253 g/mol. The molecule has 0 aromatic carbocycles. The van der Waals surface area contributed by atoms with Crippen molar-refractivity contribution in [2.75, 3.05) is 23.7 Å². The van der Waals surface area contributed by atoms with Crippen LogP contribution in [0.15, 0.2) is 6.20 Å². The number of piperidine rings is 1. The Morgan fingerprint density at radius 3 is 2.78 bits per heavy atom. The molecule has 1 aromatic rings. The van der Waals surface area contributed by atoms with Gasteiger partial charge in [-0.3, -0.25) is 4.79 Å². The van der Waals surface area contributed by atoms with Gasteiger partial charge >= 0.3 is 0 Å². The molecule has 98 valence electrons. The van der Waals surface area contributed by atoms with Crippen molar-refractivity contribution in [2.24, 2.45) is 11.7 Å². The number of nitrogens with zero attached hydrogens (tertiary/aromatic N) is 3. The highest BCUT2D eigenvalue weighted by molar-refractivity contribution is 5.74. The van der Waals surface area contributed by atoms with Crippen molar-refractivity contribution in [1.29, 1.82) is 0 Å². The number of carbonyl (C=O) groups excluding carboxylic acids is 1. The molecule has 0 bridgehead atoms. The van der Waals surface area contributed by atoms with Gasteiger partial charge in [0.15, 0.2) is 11.6 Å². The summed E-state index contributed by atoms with van der Waals surface area (Å²) in [7, 11) is 0. The highest BCUT2D eigenvalue weighted by Gasteiger charge is 2.23. The number of carbonyl (C=O) groups is 1. The van der Waals surface area contributed by atoms with Crippen molar-refractivity contribution >= 4 is 17.7 Å². The molecule has 7 heteroatoms. The van der Waals surface area contributed by atoms with Gasteiger partial charge in [0.05, 0.1) is 6.20 Å². The number of anilines is 2. The average Bonchev–Trinajstić information content (AvgIpc) is 2.33. The Hall–Kier alpha value is -1.92. The molecule has 0 unspecified atom stereocenters. The minimum absolute atomic E-state index is 0.0608. The number of halogens is 1. The third kappa shape index (κ3) is 2.85. The predicted octanol–water partition coefficient (Wildman–Crippen LogP) is 0.290. The second-order valence-electron chi connectivity index (χ2n) is 4.50. The molecule has 1 aromatic heterocycles. The summed E-state index contributed by atoms with van der Waals surface area (Å²) >= 11 is 0. The molecular formula is C11H16FN5O. The van der Waals surface area contributed by atoms with Gasteiger partial charge in [-0.25, -0.2) is 9.37 Å². The number of hydrogen-bond donors (Lipinski definition) is 2. The fraction of sp³-hybridized carbons (Fsp3) is 0.545. The molecule has 0 saturated carbocycles. The first-order chi connectivity index (χ1) is 8.56. The summed E-state index contributed by atoms with van der Waals surface area (Å²) in [6, 6.07) is 0. The molecule has 1 amide bonds. The summed E-state index contributed by atoms with van der Waals surface area (Å²) in [4.78, 5) is 20.2. The Kier molecular flexibility index (Phi) is 3.59. The zero-order valence-electron chi connectivity index (χ0n) is 9.97. The minimum Gasteiger partial charge on any atom is -0.370 e. The van der Waals surface area contributed by atoms with E-state index in [1.165, 1.54) is 0 Å². The van der Waals surface area contributed by atoms with E-state index in [4.69, 9.17) is 11.5 Å². The van der Waals surface area contributed by atoms with Crippen LogP contribution < -0.4 is 16.4 Å². The lowest BCUT2D eigenvalue weighted by Gasteiger charge is -2.32. The van der Waals surface area contributed by atoms with E-state index in [1.54, 1.807) is 0 Å². The first kappa shape index (κ1) is 12.5. The third-order valence-electron chi connectivity index (χ3n) is 3.15. The van der Waals surface area contributed by atoms with Crippen LogP contribution in [0.5, 0.6) is 0 Å². The molecule has 2 rings (SSSR count). The SMILES string of the molecule is NC(=O)CC1CCN(c2nc(N)ncc2F)CC1. The number of nitrogens with two attached hydrogens (primary N) is 2. The van der Waals surface area contributed by atoms with Gasteiger partial charge in [-0.2, -0.15) is 4.98 Å². The molecule has 0 atom stereocenters. The lowest BCUT2D eigenvalue weighted by Crippen LogP contribution is -2.36. The topological polar surface area (TPSA) is 98.1 Å². The van der Waals surface area contributed by atoms with Gasteiger partial charge in [-0.15, -0.1) is 0 Å². The Morgan fingerprint density at radius 1 is 1.50 bits per heavy atom. The van der Waals surface area contributed by atoms with Crippen LogP contribution in [0.2, 0.25) is 0 Å². The lowest BCUT2D eigenvalue weighted by atomic mass is 9.93. The molecule has 1 fully saturated rings. The minimum atomic E-state index is -0.474. The highest BCUT2D eigenvalue weighted by Crippen LogP contribution is 2.25. The standard InChI is InChI=1S/C11H16FN5O/c12-8-6-15-11(14)16-10(8)17-3-1-7(2-4-17)5-9(13)18/h6-7H,1-5H2,(H2,13,18)(H2,14,15,16). The maximum atomic E-state index is 13.6. The number of amides is 1. The van der Waals surface area contributed by atoms with Crippen LogP contribution in [0.25, 0.3) is 0 Å². The van der Waals surface area contributed by atoms with Gasteiger partial charge in [0.25, 0.3) is 0 Å². The molecule has 0 radical (unpaired) electrons. The molecule has 4 N–H and O–H groups in total. The predicted molar refractivity (Wildman–Crippen MR) is 65.2 cm³/mol. The van der Waals surface area contributed by atoms with E-state index in [0.29, 0.717) is 19.5 Å². The third-order valence-corrected chi connectivity index (χ3v) is 3.15. The number of primary amides is 1. The summed E-state index contributed by atoms with van der Waals surface area (Å²) in [6.45, 7) is 1.29. The summed E-state index contributed by atoms with van der Waals surface area (Å²) in [5.74, 6) is -0.185. The van der Waals surface area contributed by atoms with E-state index in [9.17, 15) is 9.18 Å². The van der Waals surface area contributed by atoms with E-state index < -0.39 is 5.82 Å². The van der Waals surface area contributed by atoms with Crippen molar-refractivity contribution in [3.05, 3.63) is 12.0 Å². The summed E-state index contributed by atoms with van der Waals surface area (Å²) in [5.41, 5.74) is 10.6. The van der Waals surface area contributed by atoms with Crippen LogP contribution >= 0.6 is 0 Å². The van der Waals surface area contributed by atoms with E-state index in [-0.39, 0.29) is 23.6 Å². The second kappa shape index (κ2) is 5.16. The van der Waals surface area contributed by atoms with Crippen molar-refractivity contribution < 1.29 is 9.18 Å². The average molecular weight is 253 g/mol. The van der Waals surface area contributed by atoms with Gasteiger partial charge in [0.2, 0.25) is 11.9 Å². The Morgan fingerprint density at radius 2 is 2.17 bits per heavy atom. The quantitative estimate of drug-likeness (QED) is 0.806. The number of hydrogen-bond acceptors (Lipinski definition) is 5. The van der Waals surface area contributed by atoms with Crippen molar-refractivity contribution in [2.45, 2.75) is 19.3 Å². The van der Waals surface area contributed by atoms with E-state index in [1.807, 2.05) is 4.90 Å². The maximum absolute atomic E-state index is 13.6. The fourth-order valence-electron chi connectivity index (χ4n) is 2.23. The normalized spacial score (nSPS) is 16.8. The van der Waals surface area contributed by atoms with E-state index >= 15 is 0 Å². The van der Waals surface area contributed by atoms with Gasteiger partial charge < -0.3 is 16.4 Å². The van der Waals surface area contributed by atoms with Crippen LogP contribution in [0, 0.1) is 11.7 Å². The molecule has 2 heterocycles. The maximum Gasteiger partial charge on any atom is 0.222 e. The Labute approximate surface area is 104 Å². The first-order valence-electron chi connectivity index (χ1n) is 5.87. The van der Waals surface area contributed by atoms with Crippen LogP contribution in [-0.2, 0) is 4.79 Å². The van der Waals surface area contributed by atoms with Crippen molar-refractivity contribution in [1.82, 2.24) is 9.97 Å². The van der Waals surface area contributed by atoms with Gasteiger partial charge in [-0.05, 0) is 18.8 Å². The molecule has 0 aliphatic carbocycles. The van der Waals surface area contributed by atoms with Gasteiger partial charge in [0.1, 0.15) is 0 Å². The molecule has 1 saturated heterocycles. The molecule has 18 heavy (non-hydrogen) atoms.